The number of ether oxygens (including phenoxy) is 2. The summed E-state index contributed by atoms with van der Waals surface area (Å²) in [6.07, 6.45) is 6.49. The number of hydrogen-bond donors (Lipinski definition) is 1. The summed E-state index contributed by atoms with van der Waals surface area (Å²) in [6, 6.07) is 10.2. The standard InChI is InChI=1S/C19H22N2O4/c1-21-9-5-8-15(13-21)18(22)24-10-11-25-19(23)20-17-12-16(17)14-6-3-2-4-7-14/h2-7,9,13,16-17H,8,10-12H2,1H3,(H,20,23)/t16-,17+/m1/s1. The Morgan fingerprint density at radius 2 is 1.96 bits per heavy atom. The monoisotopic (exact) mass is 342 g/mol. The molecule has 0 bridgehead atoms. The molecule has 0 radical (unpaired) electrons. The molecule has 1 aromatic rings. The van der Waals surface area contributed by atoms with Crippen LogP contribution in [0.2, 0.25) is 0 Å². The van der Waals surface area contributed by atoms with Gasteiger partial charge in [0.1, 0.15) is 13.2 Å². The van der Waals surface area contributed by atoms with Gasteiger partial charge in [-0.1, -0.05) is 36.4 Å². The fourth-order valence-corrected chi connectivity index (χ4v) is 2.80. The molecule has 0 saturated heterocycles. The Kier molecular flexibility index (Phi) is 5.38. The van der Waals surface area contributed by atoms with E-state index in [1.165, 1.54) is 5.56 Å². The van der Waals surface area contributed by atoms with Crippen molar-refractivity contribution in [2.24, 2.45) is 0 Å². The Balaban J connectivity index is 1.31. The van der Waals surface area contributed by atoms with Gasteiger partial charge in [0.25, 0.3) is 0 Å². The van der Waals surface area contributed by atoms with E-state index in [1.54, 1.807) is 11.1 Å². The van der Waals surface area contributed by atoms with Crippen LogP contribution in [0, 0.1) is 0 Å². The minimum Gasteiger partial charge on any atom is -0.459 e. The van der Waals surface area contributed by atoms with Gasteiger partial charge < -0.3 is 19.7 Å². The van der Waals surface area contributed by atoms with Crippen molar-refractivity contribution in [2.45, 2.75) is 24.8 Å². The van der Waals surface area contributed by atoms with Gasteiger partial charge in [0.05, 0.1) is 5.57 Å². The van der Waals surface area contributed by atoms with Crippen molar-refractivity contribution in [2.75, 3.05) is 20.3 Å². The normalized spacial score (nSPS) is 21.3. The summed E-state index contributed by atoms with van der Waals surface area (Å²) in [5.41, 5.74) is 1.81. The number of carbonyl (C=O) groups is 2. The third-order valence-corrected chi connectivity index (χ3v) is 4.17. The number of esters is 1. The van der Waals surface area contributed by atoms with Crippen LogP contribution in [0.5, 0.6) is 0 Å². The molecule has 2 atom stereocenters. The highest BCUT2D eigenvalue weighted by Crippen LogP contribution is 2.40. The van der Waals surface area contributed by atoms with E-state index in [0.29, 0.717) is 17.9 Å². The molecule has 6 heteroatoms. The number of amides is 1. The Morgan fingerprint density at radius 3 is 2.72 bits per heavy atom. The van der Waals surface area contributed by atoms with Crippen LogP contribution in [0.15, 0.2) is 54.4 Å². The molecule has 0 spiro atoms. The molecule has 0 aromatic heterocycles. The van der Waals surface area contributed by atoms with Gasteiger partial charge in [-0.05, 0) is 18.2 Å². The second-order valence-corrected chi connectivity index (χ2v) is 6.18. The summed E-state index contributed by atoms with van der Waals surface area (Å²) >= 11 is 0. The minimum atomic E-state index is -0.473. The van der Waals surface area contributed by atoms with Crippen LogP contribution in [-0.2, 0) is 14.3 Å². The number of rotatable bonds is 6. The predicted molar refractivity (Wildman–Crippen MR) is 92.6 cm³/mol. The van der Waals surface area contributed by atoms with Gasteiger partial charge in [0, 0.05) is 31.6 Å². The molecule has 1 aromatic carbocycles. The first-order valence-electron chi connectivity index (χ1n) is 8.38. The molecular formula is C19H22N2O4. The zero-order valence-corrected chi connectivity index (χ0v) is 14.2. The number of alkyl carbamates (subject to hydrolysis) is 1. The molecule has 1 aliphatic heterocycles. The van der Waals surface area contributed by atoms with Crippen molar-refractivity contribution in [1.82, 2.24) is 10.2 Å². The van der Waals surface area contributed by atoms with Gasteiger partial charge in [0.2, 0.25) is 0 Å². The van der Waals surface area contributed by atoms with E-state index >= 15 is 0 Å². The zero-order chi connectivity index (χ0) is 17.6. The lowest BCUT2D eigenvalue weighted by atomic mass is 10.1. The SMILES string of the molecule is CN1C=CCC(C(=O)OCCOC(=O)N[C@H]2C[C@@H]2c2ccccc2)=C1. The van der Waals surface area contributed by atoms with Crippen molar-refractivity contribution in [3.05, 3.63) is 59.9 Å². The average molecular weight is 342 g/mol. The summed E-state index contributed by atoms with van der Waals surface area (Å²) in [5, 5.41) is 2.83. The van der Waals surface area contributed by atoms with Gasteiger partial charge in [-0.3, -0.25) is 0 Å². The van der Waals surface area contributed by atoms with E-state index in [-0.39, 0.29) is 25.2 Å². The third kappa shape index (κ3) is 4.86. The van der Waals surface area contributed by atoms with Crippen LogP contribution < -0.4 is 5.32 Å². The Morgan fingerprint density at radius 1 is 1.20 bits per heavy atom. The first-order valence-corrected chi connectivity index (χ1v) is 8.38. The summed E-state index contributed by atoms with van der Waals surface area (Å²) < 4.78 is 10.2. The summed E-state index contributed by atoms with van der Waals surface area (Å²) in [6.45, 7) is 0.0864. The molecule has 132 valence electrons. The molecule has 1 saturated carbocycles. The molecule has 1 aliphatic carbocycles. The number of hydrogen-bond acceptors (Lipinski definition) is 5. The molecule has 25 heavy (non-hydrogen) atoms. The van der Waals surface area contributed by atoms with Crippen LogP contribution >= 0.6 is 0 Å². The zero-order valence-electron chi connectivity index (χ0n) is 14.2. The van der Waals surface area contributed by atoms with Crippen LogP contribution in [0.4, 0.5) is 4.79 Å². The second kappa shape index (κ2) is 7.88. The van der Waals surface area contributed by atoms with Crippen LogP contribution in [0.1, 0.15) is 24.3 Å². The van der Waals surface area contributed by atoms with Gasteiger partial charge >= 0.3 is 12.1 Å². The van der Waals surface area contributed by atoms with Gasteiger partial charge in [-0.15, -0.1) is 0 Å². The summed E-state index contributed by atoms with van der Waals surface area (Å²) in [4.78, 5) is 25.4. The summed E-state index contributed by atoms with van der Waals surface area (Å²) in [5.74, 6) is -0.0265. The van der Waals surface area contributed by atoms with Crippen molar-refractivity contribution in [1.29, 1.82) is 0 Å². The largest absolute Gasteiger partial charge is 0.459 e. The average Bonchev–Trinajstić information content (AvgIpc) is 3.38. The molecule has 1 amide bonds. The van der Waals surface area contributed by atoms with Crippen molar-refractivity contribution >= 4 is 12.1 Å². The highest BCUT2D eigenvalue weighted by atomic mass is 16.6. The molecule has 2 aliphatic rings. The van der Waals surface area contributed by atoms with E-state index in [1.807, 2.05) is 37.5 Å². The highest BCUT2D eigenvalue weighted by Gasteiger charge is 2.39. The first-order chi connectivity index (χ1) is 12.1. The summed E-state index contributed by atoms with van der Waals surface area (Å²) in [7, 11) is 1.84. The molecule has 6 nitrogen and oxygen atoms in total. The van der Waals surface area contributed by atoms with Crippen molar-refractivity contribution in [3.63, 3.8) is 0 Å². The minimum absolute atomic E-state index is 0.0409. The maximum absolute atomic E-state index is 11.9. The smallest absolute Gasteiger partial charge is 0.407 e. The van der Waals surface area contributed by atoms with Crippen LogP contribution in [0.3, 0.4) is 0 Å². The lowest BCUT2D eigenvalue weighted by Gasteiger charge is -2.15. The maximum atomic E-state index is 11.9. The van der Waals surface area contributed by atoms with Crippen LogP contribution in [-0.4, -0.2) is 43.3 Å². The second-order valence-electron chi connectivity index (χ2n) is 6.18. The molecule has 1 N–H and O–H groups in total. The fourth-order valence-electron chi connectivity index (χ4n) is 2.80. The Hall–Kier alpha value is -2.76. The van der Waals surface area contributed by atoms with Gasteiger partial charge in [-0.25, -0.2) is 9.59 Å². The lowest BCUT2D eigenvalue weighted by molar-refractivity contribution is -0.140. The van der Waals surface area contributed by atoms with Crippen LogP contribution in [0.25, 0.3) is 0 Å². The number of nitrogens with one attached hydrogen (secondary N) is 1. The molecule has 1 fully saturated rings. The fraction of sp³-hybridized carbons (Fsp3) is 0.368. The van der Waals surface area contributed by atoms with Crippen molar-refractivity contribution < 1.29 is 19.1 Å². The van der Waals surface area contributed by atoms with E-state index in [2.05, 4.69) is 17.4 Å². The molecule has 3 rings (SSSR count). The topological polar surface area (TPSA) is 67.9 Å². The lowest BCUT2D eigenvalue weighted by Crippen LogP contribution is -2.28. The quantitative estimate of drug-likeness (QED) is 0.636. The van der Waals surface area contributed by atoms with E-state index in [0.717, 1.165) is 6.42 Å². The number of carbonyl (C=O) groups excluding carboxylic acids is 2. The molecular weight excluding hydrogens is 320 g/mol. The van der Waals surface area contributed by atoms with E-state index in [4.69, 9.17) is 9.47 Å². The maximum Gasteiger partial charge on any atom is 0.407 e. The molecule has 0 unspecified atom stereocenters. The molecule has 1 heterocycles. The van der Waals surface area contributed by atoms with Crippen molar-refractivity contribution in [3.8, 4) is 0 Å². The third-order valence-electron chi connectivity index (χ3n) is 4.17. The first kappa shape index (κ1) is 17.1. The predicted octanol–water partition coefficient (Wildman–Crippen LogP) is 2.55. The van der Waals surface area contributed by atoms with E-state index in [9.17, 15) is 9.59 Å². The number of allylic oxidation sites excluding steroid dienone is 1. The van der Waals surface area contributed by atoms with E-state index < -0.39 is 6.09 Å². The Bertz CT molecular complexity index is 684. The van der Waals surface area contributed by atoms with Gasteiger partial charge in [-0.2, -0.15) is 0 Å². The van der Waals surface area contributed by atoms with Gasteiger partial charge in [0.15, 0.2) is 0 Å². The Labute approximate surface area is 147 Å². The number of benzene rings is 1. The number of nitrogens with zero attached hydrogens (tertiary/aromatic N) is 1. The highest BCUT2D eigenvalue weighted by molar-refractivity contribution is 5.88.